The zero-order valence-electron chi connectivity index (χ0n) is 10.6. The number of imidazole rings is 1. The van der Waals surface area contributed by atoms with Gasteiger partial charge in [0.05, 0.1) is 16.1 Å². The van der Waals surface area contributed by atoms with Crippen LogP contribution in [0, 0.1) is 5.92 Å². The van der Waals surface area contributed by atoms with Crippen LogP contribution in [0.4, 0.5) is 0 Å². The molecule has 2 aromatic rings. The van der Waals surface area contributed by atoms with Gasteiger partial charge in [-0.15, -0.1) is 0 Å². The van der Waals surface area contributed by atoms with E-state index in [9.17, 15) is 0 Å². The number of para-hydroxylation sites is 1. The lowest BCUT2D eigenvalue weighted by atomic mass is 9.96. The second-order valence-electron chi connectivity index (χ2n) is 5.11. The van der Waals surface area contributed by atoms with Crippen molar-refractivity contribution in [3.8, 4) is 0 Å². The van der Waals surface area contributed by atoms with E-state index in [2.05, 4.69) is 16.9 Å². The lowest BCUT2D eigenvalue weighted by molar-refractivity contribution is 0.368. The molecule has 0 radical (unpaired) electrons. The molecule has 18 heavy (non-hydrogen) atoms. The minimum Gasteiger partial charge on any atom is -0.330 e. The van der Waals surface area contributed by atoms with E-state index >= 15 is 0 Å². The maximum absolute atomic E-state index is 6.25. The first-order valence-electron chi connectivity index (χ1n) is 6.56. The number of nitrogens with one attached hydrogen (secondary N) is 1. The lowest BCUT2D eigenvalue weighted by Crippen LogP contribution is -2.31. The molecule has 1 fully saturated rings. The molecule has 3 nitrogen and oxygen atoms in total. The van der Waals surface area contributed by atoms with Gasteiger partial charge in [-0.3, -0.25) is 0 Å². The third-order valence-electron chi connectivity index (χ3n) is 3.81. The molecular formula is C14H18ClN3. The Labute approximate surface area is 112 Å². The van der Waals surface area contributed by atoms with E-state index < -0.39 is 0 Å². The summed E-state index contributed by atoms with van der Waals surface area (Å²) in [6.45, 7) is 2.27. The Morgan fingerprint density at radius 1 is 1.50 bits per heavy atom. The number of fused-ring (bicyclic) bond motifs is 1. The largest absolute Gasteiger partial charge is 0.330 e. The molecule has 3 rings (SSSR count). The van der Waals surface area contributed by atoms with Crippen molar-refractivity contribution in [1.29, 1.82) is 0 Å². The third-order valence-corrected chi connectivity index (χ3v) is 4.11. The van der Waals surface area contributed by atoms with Gasteiger partial charge in [0.25, 0.3) is 0 Å². The number of hydrogen-bond donors (Lipinski definition) is 1. The lowest BCUT2D eigenvalue weighted by Gasteiger charge is -2.22. The second kappa shape index (κ2) is 4.90. The SMILES string of the molecule is Cn1c(CC2CCCNC2)nc2cccc(Cl)c21. The van der Waals surface area contributed by atoms with E-state index in [1.54, 1.807) is 0 Å². The standard InChI is InChI=1S/C14H18ClN3/c1-18-13(8-10-4-3-7-16-9-10)17-12-6-2-5-11(15)14(12)18/h2,5-6,10,16H,3-4,7-9H2,1H3. The number of rotatable bonds is 2. The first-order chi connectivity index (χ1) is 8.75. The van der Waals surface area contributed by atoms with Crippen LogP contribution in [-0.4, -0.2) is 22.6 Å². The molecule has 96 valence electrons. The highest BCUT2D eigenvalue weighted by Crippen LogP contribution is 2.25. The molecular weight excluding hydrogens is 246 g/mol. The molecule has 0 saturated carbocycles. The third kappa shape index (κ3) is 2.13. The summed E-state index contributed by atoms with van der Waals surface area (Å²) in [5.74, 6) is 1.85. The van der Waals surface area contributed by atoms with E-state index in [1.165, 1.54) is 12.8 Å². The van der Waals surface area contributed by atoms with Crippen molar-refractivity contribution in [2.45, 2.75) is 19.3 Å². The molecule has 0 spiro atoms. The van der Waals surface area contributed by atoms with Gasteiger partial charge in [-0.2, -0.15) is 0 Å². The molecule has 0 aliphatic carbocycles. The normalized spacial score (nSPS) is 20.4. The van der Waals surface area contributed by atoms with Gasteiger partial charge in [-0.05, 0) is 44.0 Å². The summed E-state index contributed by atoms with van der Waals surface area (Å²) in [6, 6.07) is 5.92. The van der Waals surface area contributed by atoms with Gasteiger partial charge in [-0.25, -0.2) is 4.98 Å². The number of aryl methyl sites for hydroxylation is 1. The molecule has 1 aromatic carbocycles. The molecule has 1 unspecified atom stereocenters. The van der Waals surface area contributed by atoms with Crippen LogP contribution in [0.3, 0.4) is 0 Å². The fraction of sp³-hybridized carbons (Fsp3) is 0.500. The number of benzene rings is 1. The predicted molar refractivity (Wildman–Crippen MR) is 75.0 cm³/mol. The van der Waals surface area contributed by atoms with Crippen molar-refractivity contribution in [3.63, 3.8) is 0 Å². The highest BCUT2D eigenvalue weighted by Gasteiger charge is 2.17. The molecule has 0 bridgehead atoms. The summed E-state index contributed by atoms with van der Waals surface area (Å²) in [7, 11) is 2.06. The van der Waals surface area contributed by atoms with Gasteiger partial charge in [0.15, 0.2) is 0 Å². The Hall–Kier alpha value is -1.06. The van der Waals surface area contributed by atoms with Crippen molar-refractivity contribution in [2.75, 3.05) is 13.1 Å². The monoisotopic (exact) mass is 263 g/mol. The van der Waals surface area contributed by atoms with E-state index in [0.29, 0.717) is 5.92 Å². The topological polar surface area (TPSA) is 29.9 Å². The van der Waals surface area contributed by atoms with Crippen molar-refractivity contribution in [1.82, 2.24) is 14.9 Å². The zero-order chi connectivity index (χ0) is 12.5. The Morgan fingerprint density at radius 3 is 3.11 bits per heavy atom. The van der Waals surface area contributed by atoms with Crippen LogP contribution in [0.2, 0.25) is 5.02 Å². The highest BCUT2D eigenvalue weighted by molar-refractivity contribution is 6.35. The number of nitrogens with zero attached hydrogens (tertiary/aromatic N) is 2. The van der Waals surface area contributed by atoms with Crippen molar-refractivity contribution in [2.24, 2.45) is 13.0 Å². The molecule has 4 heteroatoms. The fourth-order valence-corrected chi connectivity index (χ4v) is 3.10. The number of hydrogen-bond acceptors (Lipinski definition) is 2. The first-order valence-corrected chi connectivity index (χ1v) is 6.94. The Bertz CT molecular complexity index is 555. The highest BCUT2D eigenvalue weighted by atomic mass is 35.5. The van der Waals surface area contributed by atoms with Gasteiger partial charge in [0.2, 0.25) is 0 Å². The summed E-state index contributed by atoms with van der Waals surface area (Å²) in [5, 5.41) is 4.24. The first kappa shape index (κ1) is 12.0. The van der Waals surface area contributed by atoms with Gasteiger partial charge < -0.3 is 9.88 Å². The van der Waals surface area contributed by atoms with E-state index in [0.717, 1.165) is 41.4 Å². The van der Waals surface area contributed by atoms with Crippen LogP contribution in [0.25, 0.3) is 11.0 Å². The Kier molecular flexibility index (Phi) is 3.27. The van der Waals surface area contributed by atoms with Gasteiger partial charge in [-0.1, -0.05) is 17.7 Å². The van der Waals surface area contributed by atoms with Crippen molar-refractivity contribution >= 4 is 22.6 Å². The summed E-state index contributed by atoms with van der Waals surface area (Å²) in [6.07, 6.45) is 3.60. The minimum atomic E-state index is 0.702. The van der Waals surface area contributed by atoms with Crippen LogP contribution in [0.15, 0.2) is 18.2 Å². The van der Waals surface area contributed by atoms with E-state index in [1.807, 2.05) is 18.2 Å². The van der Waals surface area contributed by atoms with Crippen LogP contribution < -0.4 is 5.32 Å². The maximum atomic E-state index is 6.25. The predicted octanol–water partition coefficient (Wildman–Crippen LogP) is 2.77. The van der Waals surface area contributed by atoms with Crippen molar-refractivity contribution < 1.29 is 0 Å². The number of aromatic nitrogens is 2. The fourth-order valence-electron chi connectivity index (χ4n) is 2.81. The number of piperidine rings is 1. The molecule has 1 aromatic heterocycles. The van der Waals surface area contributed by atoms with Crippen LogP contribution >= 0.6 is 11.6 Å². The molecule has 0 amide bonds. The smallest absolute Gasteiger partial charge is 0.109 e. The van der Waals surface area contributed by atoms with Crippen LogP contribution in [-0.2, 0) is 13.5 Å². The molecule has 1 saturated heterocycles. The summed E-state index contributed by atoms with van der Waals surface area (Å²) < 4.78 is 2.15. The van der Waals surface area contributed by atoms with Crippen LogP contribution in [0.1, 0.15) is 18.7 Å². The Balaban J connectivity index is 1.92. The van der Waals surface area contributed by atoms with E-state index in [-0.39, 0.29) is 0 Å². The average Bonchev–Trinajstić information content (AvgIpc) is 2.69. The van der Waals surface area contributed by atoms with E-state index in [4.69, 9.17) is 16.6 Å². The van der Waals surface area contributed by atoms with Gasteiger partial charge in [0, 0.05) is 13.5 Å². The quantitative estimate of drug-likeness (QED) is 0.903. The minimum absolute atomic E-state index is 0.702. The maximum Gasteiger partial charge on any atom is 0.109 e. The molecule has 1 atom stereocenters. The zero-order valence-corrected chi connectivity index (χ0v) is 11.4. The molecule has 2 heterocycles. The molecule has 1 aliphatic heterocycles. The van der Waals surface area contributed by atoms with Gasteiger partial charge >= 0.3 is 0 Å². The van der Waals surface area contributed by atoms with Crippen LogP contribution in [0.5, 0.6) is 0 Å². The average molecular weight is 264 g/mol. The van der Waals surface area contributed by atoms with Gasteiger partial charge in [0.1, 0.15) is 5.82 Å². The van der Waals surface area contributed by atoms with Crippen molar-refractivity contribution in [3.05, 3.63) is 29.0 Å². The second-order valence-corrected chi connectivity index (χ2v) is 5.52. The molecule has 1 aliphatic rings. The summed E-state index contributed by atoms with van der Waals surface area (Å²) in [5.41, 5.74) is 2.06. The summed E-state index contributed by atoms with van der Waals surface area (Å²) in [4.78, 5) is 4.72. The molecule has 1 N–H and O–H groups in total. The Morgan fingerprint density at radius 2 is 2.39 bits per heavy atom. The number of halogens is 1. The summed E-state index contributed by atoms with van der Waals surface area (Å²) >= 11 is 6.25.